The molecule has 0 aliphatic heterocycles. The van der Waals surface area contributed by atoms with Crippen LogP contribution in [0.25, 0.3) is 0 Å². The van der Waals surface area contributed by atoms with Gasteiger partial charge in [0.25, 0.3) is 0 Å². The Morgan fingerprint density at radius 2 is 2.29 bits per heavy atom. The summed E-state index contributed by atoms with van der Waals surface area (Å²) in [6, 6.07) is 5.59. The van der Waals surface area contributed by atoms with Crippen molar-refractivity contribution in [2.24, 2.45) is 0 Å². The van der Waals surface area contributed by atoms with E-state index in [2.05, 4.69) is 11.5 Å². The molecule has 0 atom stereocenters. The number of benzene rings is 1. The maximum absolute atomic E-state index is 8.98. The Bertz CT molecular complexity index is 366. The van der Waals surface area contributed by atoms with Crippen molar-refractivity contribution in [3.63, 3.8) is 0 Å². The number of rotatable bonds is 7. The minimum atomic E-state index is 0.123. The topological polar surface area (TPSA) is 58.7 Å². The summed E-state index contributed by atoms with van der Waals surface area (Å²) in [4.78, 5) is 2.07. The van der Waals surface area contributed by atoms with Crippen molar-refractivity contribution in [1.29, 1.82) is 0 Å². The van der Waals surface area contributed by atoms with Crippen molar-refractivity contribution in [1.82, 2.24) is 4.90 Å². The number of methoxy groups -OCH3 is 1. The molecule has 0 aliphatic rings. The van der Waals surface area contributed by atoms with E-state index in [0.29, 0.717) is 13.1 Å². The lowest BCUT2D eigenvalue weighted by atomic mass is 10.1. The minimum Gasteiger partial charge on any atom is -0.497 e. The highest BCUT2D eigenvalue weighted by atomic mass is 16.5. The number of aliphatic hydroxyl groups is 1. The summed E-state index contributed by atoms with van der Waals surface area (Å²) >= 11 is 0. The van der Waals surface area contributed by atoms with E-state index in [4.69, 9.17) is 15.6 Å². The highest BCUT2D eigenvalue weighted by Crippen LogP contribution is 2.20. The largest absolute Gasteiger partial charge is 0.497 e. The molecule has 1 aromatic rings. The van der Waals surface area contributed by atoms with Crippen molar-refractivity contribution in [2.45, 2.75) is 6.54 Å². The van der Waals surface area contributed by atoms with Gasteiger partial charge in [0.2, 0.25) is 0 Å². The van der Waals surface area contributed by atoms with E-state index >= 15 is 0 Å². The van der Waals surface area contributed by atoms with E-state index in [1.165, 1.54) is 0 Å². The van der Waals surface area contributed by atoms with Gasteiger partial charge in [-0.1, -0.05) is 6.08 Å². The van der Waals surface area contributed by atoms with Gasteiger partial charge in [0.05, 0.1) is 13.7 Å². The fourth-order valence-electron chi connectivity index (χ4n) is 1.65. The third kappa shape index (κ3) is 4.09. The van der Waals surface area contributed by atoms with Crippen LogP contribution in [-0.2, 0) is 6.54 Å². The van der Waals surface area contributed by atoms with E-state index < -0.39 is 0 Å². The summed E-state index contributed by atoms with van der Waals surface area (Å²) < 4.78 is 5.17. The third-order valence-electron chi connectivity index (χ3n) is 2.55. The summed E-state index contributed by atoms with van der Waals surface area (Å²) in [5, 5.41) is 8.98. The van der Waals surface area contributed by atoms with Crippen molar-refractivity contribution >= 4 is 5.69 Å². The van der Waals surface area contributed by atoms with Gasteiger partial charge in [-0.15, -0.1) is 6.58 Å². The lowest BCUT2D eigenvalue weighted by molar-refractivity contribution is 0.203. The molecule has 0 amide bonds. The summed E-state index contributed by atoms with van der Waals surface area (Å²) in [6.07, 6.45) is 1.81. The van der Waals surface area contributed by atoms with Gasteiger partial charge in [-0.3, -0.25) is 4.90 Å². The number of hydrogen-bond acceptors (Lipinski definition) is 4. The Labute approximate surface area is 102 Å². The zero-order valence-electron chi connectivity index (χ0n) is 10.2. The Balaban J connectivity index is 2.79. The zero-order valence-corrected chi connectivity index (χ0v) is 10.2. The van der Waals surface area contributed by atoms with Gasteiger partial charge in [-0.05, 0) is 23.8 Å². The van der Waals surface area contributed by atoms with Gasteiger partial charge < -0.3 is 15.6 Å². The van der Waals surface area contributed by atoms with Crippen LogP contribution in [0.2, 0.25) is 0 Å². The molecule has 0 unspecified atom stereocenters. The van der Waals surface area contributed by atoms with Crippen LogP contribution in [-0.4, -0.2) is 36.8 Å². The van der Waals surface area contributed by atoms with Crippen LogP contribution in [0, 0.1) is 0 Å². The average Bonchev–Trinajstić information content (AvgIpc) is 2.32. The number of nitrogens with zero attached hydrogens (tertiary/aromatic N) is 1. The molecular weight excluding hydrogens is 216 g/mol. The molecular formula is C13H20N2O2. The maximum atomic E-state index is 8.98. The lowest BCUT2D eigenvalue weighted by Crippen LogP contribution is -2.27. The van der Waals surface area contributed by atoms with E-state index in [1.807, 2.05) is 24.3 Å². The van der Waals surface area contributed by atoms with Crippen molar-refractivity contribution in [2.75, 3.05) is 32.5 Å². The predicted molar refractivity (Wildman–Crippen MR) is 70.0 cm³/mol. The molecule has 0 aliphatic carbocycles. The van der Waals surface area contributed by atoms with Crippen LogP contribution >= 0.6 is 0 Å². The molecule has 0 heterocycles. The molecule has 94 valence electrons. The van der Waals surface area contributed by atoms with Gasteiger partial charge >= 0.3 is 0 Å². The van der Waals surface area contributed by atoms with Crippen LogP contribution in [0.4, 0.5) is 5.69 Å². The molecule has 1 aromatic carbocycles. The molecule has 0 bridgehead atoms. The third-order valence-corrected chi connectivity index (χ3v) is 2.55. The molecule has 0 saturated heterocycles. The number of anilines is 1. The van der Waals surface area contributed by atoms with E-state index in [9.17, 15) is 0 Å². The molecule has 0 aromatic heterocycles. The molecule has 4 nitrogen and oxygen atoms in total. The highest BCUT2D eigenvalue weighted by molar-refractivity contribution is 5.50. The average molecular weight is 236 g/mol. The SMILES string of the molecule is C=CCN(CCO)Cc1cc(OC)ccc1N. The Morgan fingerprint density at radius 3 is 2.88 bits per heavy atom. The Hall–Kier alpha value is -1.52. The normalized spacial score (nSPS) is 10.5. The molecule has 0 fully saturated rings. The first-order chi connectivity index (χ1) is 8.21. The minimum absolute atomic E-state index is 0.123. The van der Waals surface area contributed by atoms with Gasteiger partial charge in [0.1, 0.15) is 5.75 Å². The van der Waals surface area contributed by atoms with Crippen LogP contribution in [0.5, 0.6) is 5.75 Å². The first-order valence-corrected chi connectivity index (χ1v) is 5.57. The van der Waals surface area contributed by atoms with Gasteiger partial charge in [0, 0.05) is 25.3 Å². The predicted octanol–water partition coefficient (Wildman–Crippen LogP) is 1.26. The quantitative estimate of drug-likeness (QED) is 0.552. The number of aliphatic hydroxyl groups excluding tert-OH is 1. The fourth-order valence-corrected chi connectivity index (χ4v) is 1.65. The second-order valence-corrected chi connectivity index (χ2v) is 3.81. The molecule has 0 radical (unpaired) electrons. The number of nitrogens with two attached hydrogens (primary N) is 1. The first-order valence-electron chi connectivity index (χ1n) is 5.57. The smallest absolute Gasteiger partial charge is 0.119 e. The van der Waals surface area contributed by atoms with E-state index in [-0.39, 0.29) is 6.61 Å². The summed E-state index contributed by atoms with van der Waals surface area (Å²) in [6.45, 7) is 5.82. The monoisotopic (exact) mass is 236 g/mol. The van der Waals surface area contributed by atoms with Crippen LogP contribution in [0.3, 0.4) is 0 Å². The first kappa shape index (κ1) is 13.5. The van der Waals surface area contributed by atoms with Gasteiger partial charge in [-0.25, -0.2) is 0 Å². The lowest BCUT2D eigenvalue weighted by Gasteiger charge is -2.20. The van der Waals surface area contributed by atoms with E-state index in [1.54, 1.807) is 7.11 Å². The van der Waals surface area contributed by atoms with E-state index in [0.717, 1.165) is 23.5 Å². The molecule has 17 heavy (non-hydrogen) atoms. The standard InChI is InChI=1S/C13H20N2O2/c1-3-6-15(7-8-16)10-11-9-12(17-2)4-5-13(11)14/h3-5,9,16H,1,6-8,10,14H2,2H3. The van der Waals surface area contributed by atoms with Crippen LogP contribution in [0.1, 0.15) is 5.56 Å². The van der Waals surface area contributed by atoms with Gasteiger partial charge in [0.15, 0.2) is 0 Å². The molecule has 4 heteroatoms. The summed E-state index contributed by atoms with van der Waals surface area (Å²) in [5.74, 6) is 0.789. The molecule has 0 spiro atoms. The Morgan fingerprint density at radius 1 is 1.53 bits per heavy atom. The molecule has 0 saturated carbocycles. The summed E-state index contributed by atoms with van der Waals surface area (Å²) in [5.41, 5.74) is 7.65. The van der Waals surface area contributed by atoms with Crippen molar-refractivity contribution < 1.29 is 9.84 Å². The van der Waals surface area contributed by atoms with Crippen molar-refractivity contribution in [3.8, 4) is 5.75 Å². The second-order valence-electron chi connectivity index (χ2n) is 3.81. The number of nitrogen functional groups attached to an aromatic ring is 1. The van der Waals surface area contributed by atoms with Crippen LogP contribution < -0.4 is 10.5 Å². The van der Waals surface area contributed by atoms with Crippen LogP contribution in [0.15, 0.2) is 30.9 Å². The van der Waals surface area contributed by atoms with Gasteiger partial charge in [-0.2, -0.15) is 0 Å². The fraction of sp³-hybridized carbons (Fsp3) is 0.385. The maximum Gasteiger partial charge on any atom is 0.119 e. The zero-order chi connectivity index (χ0) is 12.7. The highest BCUT2D eigenvalue weighted by Gasteiger charge is 2.07. The molecule has 1 rings (SSSR count). The summed E-state index contributed by atoms with van der Waals surface area (Å²) in [7, 11) is 1.63. The molecule has 3 N–H and O–H groups in total. The Kier molecular flexibility index (Phi) is 5.52. The number of hydrogen-bond donors (Lipinski definition) is 2. The number of ether oxygens (including phenoxy) is 1. The van der Waals surface area contributed by atoms with Crippen molar-refractivity contribution in [3.05, 3.63) is 36.4 Å². The second kappa shape index (κ2) is 6.93.